The fourth-order valence-corrected chi connectivity index (χ4v) is 4.48. The molecule has 0 spiro atoms. The van der Waals surface area contributed by atoms with Gasteiger partial charge in [-0.15, -0.1) is 0 Å². The Morgan fingerprint density at radius 1 is 1.19 bits per heavy atom. The molecule has 140 valence electrons. The number of aromatic nitrogens is 1. The van der Waals surface area contributed by atoms with E-state index >= 15 is 0 Å². The first-order valence-corrected chi connectivity index (χ1v) is 10.1. The van der Waals surface area contributed by atoms with Crippen LogP contribution in [0.3, 0.4) is 0 Å². The van der Waals surface area contributed by atoms with Gasteiger partial charge in [0.25, 0.3) is 0 Å². The van der Waals surface area contributed by atoms with Gasteiger partial charge in [0, 0.05) is 19.2 Å². The summed E-state index contributed by atoms with van der Waals surface area (Å²) >= 11 is 0. The zero-order valence-electron chi connectivity index (χ0n) is 14.7. The third-order valence-electron chi connectivity index (χ3n) is 4.29. The molecule has 0 aliphatic carbocycles. The Balaban J connectivity index is 1.73. The van der Waals surface area contributed by atoms with E-state index in [4.69, 9.17) is 9.26 Å². The van der Waals surface area contributed by atoms with Crippen LogP contribution >= 0.6 is 0 Å². The lowest BCUT2D eigenvalue weighted by Gasteiger charge is -2.20. The number of ether oxygens (including phenoxy) is 1. The molecule has 0 N–H and O–H groups in total. The molecular formula is C18H22N2O5S. The van der Waals surface area contributed by atoms with Crippen molar-refractivity contribution in [3.63, 3.8) is 0 Å². The second-order valence-electron chi connectivity index (χ2n) is 6.36. The van der Waals surface area contributed by atoms with Crippen LogP contribution < -0.4 is 0 Å². The number of aryl methyl sites for hydroxylation is 1. The average Bonchev–Trinajstić information content (AvgIpc) is 2.87. The van der Waals surface area contributed by atoms with Gasteiger partial charge in [0.2, 0.25) is 10.0 Å². The summed E-state index contributed by atoms with van der Waals surface area (Å²) in [5, 5.41) is 3.72. The molecule has 1 aliphatic rings. The van der Waals surface area contributed by atoms with E-state index in [2.05, 4.69) is 5.16 Å². The molecule has 0 bridgehead atoms. The topological polar surface area (TPSA) is 89.7 Å². The summed E-state index contributed by atoms with van der Waals surface area (Å²) in [5.41, 5.74) is 0.888. The van der Waals surface area contributed by atoms with Gasteiger partial charge in [0.15, 0.2) is 12.4 Å². The Bertz CT molecular complexity index is 867. The molecular weight excluding hydrogens is 356 g/mol. The maximum atomic E-state index is 12.8. The maximum absolute atomic E-state index is 12.8. The van der Waals surface area contributed by atoms with Crippen LogP contribution in [0.15, 0.2) is 39.8 Å². The van der Waals surface area contributed by atoms with Crippen molar-refractivity contribution in [2.75, 3.05) is 13.1 Å². The first-order chi connectivity index (χ1) is 12.5. The first-order valence-electron chi connectivity index (χ1n) is 8.66. The van der Waals surface area contributed by atoms with Crippen molar-refractivity contribution in [1.29, 1.82) is 0 Å². The van der Waals surface area contributed by atoms with Gasteiger partial charge < -0.3 is 9.26 Å². The van der Waals surface area contributed by atoms with E-state index in [1.54, 1.807) is 19.1 Å². The molecule has 8 heteroatoms. The van der Waals surface area contributed by atoms with E-state index in [0.29, 0.717) is 24.5 Å². The lowest BCUT2D eigenvalue weighted by atomic mass is 10.2. The highest BCUT2D eigenvalue weighted by Gasteiger charge is 2.26. The molecule has 0 unspecified atom stereocenters. The number of sulfonamides is 1. The highest BCUT2D eigenvalue weighted by Crippen LogP contribution is 2.21. The lowest BCUT2D eigenvalue weighted by molar-refractivity contribution is 0.0437. The maximum Gasteiger partial charge on any atom is 0.338 e. The smallest absolute Gasteiger partial charge is 0.338 e. The average molecular weight is 378 g/mol. The van der Waals surface area contributed by atoms with Crippen LogP contribution in [0.1, 0.15) is 47.5 Å². The number of rotatable bonds is 5. The van der Waals surface area contributed by atoms with Crippen molar-refractivity contribution in [3.8, 4) is 0 Å². The highest BCUT2D eigenvalue weighted by atomic mass is 32.2. The van der Waals surface area contributed by atoms with E-state index < -0.39 is 16.0 Å². The molecule has 0 saturated carbocycles. The Labute approximate surface area is 153 Å². The van der Waals surface area contributed by atoms with Crippen molar-refractivity contribution in [1.82, 2.24) is 9.46 Å². The van der Waals surface area contributed by atoms with Gasteiger partial charge in [-0.2, -0.15) is 4.31 Å². The van der Waals surface area contributed by atoms with Crippen LogP contribution in [0.4, 0.5) is 0 Å². The predicted octanol–water partition coefficient (Wildman–Crippen LogP) is 2.90. The van der Waals surface area contributed by atoms with Gasteiger partial charge in [-0.3, -0.25) is 0 Å². The van der Waals surface area contributed by atoms with Crippen molar-refractivity contribution in [2.24, 2.45) is 0 Å². The molecule has 2 aromatic rings. The molecule has 0 radical (unpaired) electrons. The third kappa shape index (κ3) is 4.31. The van der Waals surface area contributed by atoms with E-state index in [1.807, 2.05) is 0 Å². The summed E-state index contributed by atoms with van der Waals surface area (Å²) < 4.78 is 37.4. The highest BCUT2D eigenvalue weighted by molar-refractivity contribution is 7.89. The van der Waals surface area contributed by atoms with Gasteiger partial charge in [0.1, 0.15) is 0 Å². The van der Waals surface area contributed by atoms with Gasteiger partial charge in [0.05, 0.1) is 16.2 Å². The number of nitrogens with zero attached hydrogens (tertiary/aromatic N) is 2. The molecule has 2 heterocycles. The minimum atomic E-state index is -3.61. The number of benzene rings is 1. The summed E-state index contributed by atoms with van der Waals surface area (Å²) in [6.45, 7) is 2.75. The zero-order chi connectivity index (χ0) is 18.6. The number of carbonyl (C=O) groups excluding carboxylic acids is 1. The Morgan fingerprint density at radius 2 is 1.92 bits per heavy atom. The van der Waals surface area contributed by atoms with Crippen LogP contribution in [0, 0.1) is 6.92 Å². The number of hydrogen-bond donors (Lipinski definition) is 0. The van der Waals surface area contributed by atoms with E-state index in [-0.39, 0.29) is 17.1 Å². The second-order valence-corrected chi connectivity index (χ2v) is 8.29. The monoisotopic (exact) mass is 378 g/mol. The van der Waals surface area contributed by atoms with E-state index in [9.17, 15) is 13.2 Å². The fraction of sp³-hybridized carbons (Fsp3) is 0.444. The van der Waals surface area contributed by atoms with E-state index in [1.165, 1.54) is 22.5 Å². The fourth-order valence-electron chi connectivity index (χ4n) is 2.92. The molecule has 1 aliphatic heterocycles. The Kier molecular flexibility index (Phi) is 5.73. The molecule has 1 aromatic carbocycles. The molecule has 1 aromatic heterocycles. The molecule has 0 amide bonds. The molecule has 0 atom stereocenters. The van der Waals surface area contributed by atoms with Crippen LogP contribution in [0.5, 0.6) is 0 Å². The first kappa shape index (κ1) is 18.6. The van der Waals surface area contributed by atoms with Gasteiger partial charge in [-0.25, -0.2) is 13.2 Å². The van der Waals surface area contributed by atoms with Crippen molar-refractivity contribution in [2.45, 2.75) is 44.1 Å². The molecule has 1 fully saturated rings. The van der Waals surface area contributed by atoms with Crippen LogP contribution in [0.2, 0.25) is 0 Å². The minimum Gasteiger partial charge on any atom is -0.454 e. The van der Waals surface area contributed by atoms with Crippen molar-refractivity contribution >= 4 is 16.0 Å². The lowest BCUT2D eigenvalue weighted by Crippen LogP contribution is -2.32. The van der Waals surface area contributed by atoms with Crippen molar-refractivity contribution in [3.05, 3.63) is 47.3 Å². The van der Waals surface area contributed by atoms with Crippen molar-refractivity contribution < 1.29 is 22.5 Å². The summed E-state index contributed by atoms with van der Waals surface area (Å²) in [6.07, 6.45) is 3.80. The van der Waals surface area contributed by atoms with Gasteiger partial charge in [-0.1, -0.05) is 24.1 Å². The largest absolute Gasteiger partial charge is 0.454 e. The number of carbonyl (C=O) groups is 1. The quantitative estimate of drug-likeness (QED) is 0.743. The zero-order valence-corrected chi connectivity index (χ0v) is 15.5. The summed E-state index contributed by atoms with van der Waals surface area (Å²) in [6, 6.07) is 7.65. The van der Waals surface area contributed by atoms with Crippen LogP contribution in [-0.2, 0) is 21.4 Å². The Hall–Kier alpha value is -2.19. The van der Waals surface area contributed by atoms with Gasteiger partial charge in [-0.05, 0) is 38.0 Å². The summed E-state index contributed by atoms with van der Waals surface area (Å²) in [5.74, 6) is -0.170. The molecule has 1 saturated heterocycles. The summed E-state index contributed by atoms with van der Waals surface area (Å²) in [4.78, 5) is 12.4. The Morgan fingerprint density at radius 3 is 2.58 bits per heavy atom. The summed E-state index contributed by atoms with van der Waals surface area (Å²) in [7, 11) is -3.61. The third-order valence-corrected chi connectivity index (χ3v) is 6.19. The standard InChI is InChI=1S/C18H22N2O5S/c1-14-11-16(25-19-14)13-24-18(21)15-7-6-8-17(12-15)26(22,23)20-9-4-2-3-5-10-20/h6-8,11-12H,2-5,9-10,13H2,1H3. The predicted molar refractivity (Wildman–Crippen MR) is 94.0 cm³/mol. The molecule has 7 nitrogen and oxygen atoms in total. The van der Waals surface area contributed by atoms with Crippen LogP contribution in [-0.4, -0.2) is 36.9 Å². The van der Waals surface area contributed by atoms with E-state index in [0.717, 1.165) is 25.7 Å². The second kappa shape index (κ2) is 8.01. The number of esters is 1. The van der Waals surface area contributed by atoms with Gasteiger partial charge >= 0.3 is 5.97 Å². The normalized spacial score (nSPS) is 16.2. The SMILES string of the molecule is Cc1cc(COC(=O)c2cccc(S(=O)(=O)N3CCCCCC3)c2)on1. The van der Waals surface area contributed by atoms with Crippen LogP contribution in [0.25, 0.3) is 0 Å². The number of hydrogen-bond acceptors (Lipinski definition) is 6. The minimum absolute atomic E-state index is 0.0528. The molecule has 26 heavy (non-hydrogen) atoms. The molecule has 3 rings (SSSR count).